The van der Waals surface area contributed by atoms with Gasteiger partial charge in [0.2, 0.25) is 0 Å². The van der Waals surface area contributed by atoms with Gasteiger partial charge in [0.25, 0.3) is 0 Å². The lowest BCUT2D eigenvalue weighted by atomic mass is 9.85. The van der Waals surface area contributed by atoms with Crippen LogP contribution in [0, 0.1) is 71.0 Å². The summed E-state index contributed by atoms with van der Waals surface area (Å²) in [5, 5.41) is 18.3. The predicted octanol–water partition coefficient (Wildman–Crippen LogP) is 18.0. The molecule has 4 aromatic carbocycles. The summed E-state index contributed by atoms with van der Waals surface area (Å²) in [6.07, 6.45) is 40.8. The van der Waals surface area contributed by atoms with E-state index in [0.29, 0.717) is 13.2 Å². The summed E-state index contributed by atoms with van der Waals surface area (Å²) in [6, 6.07) is 39.9. The molecule has 0 radical (unpaired) electrons. The zero-order valence-corrected chi connectivity index (χ0v) is 64.8. The lowest BCUT2D eigenvalue weighted by Crippen LogP contribution is -2.36. The SMILES string of the molecule is C=C(C)CO[C@H]1C=C[C@H]1OCC(=C)C.C=CC1CC(/C=C/c2ccccc2)C2C(=O)OC(=O)[C@@H]12.C=CCCCC(O)C(=C)C.C=Cc1ccccc1.CC1=CCCCC1O.CC1=C[C@@H]([C@H]2C=C(C)CO2)OC1.O=C1OC(=O)[C@H]2C(C=Cc3ccccc3)CC(/C=C/c3ccccc3)C12.O=C1OC(=O)[C@H]2C3C=CC(C3)C12. The van der Waals surface area contributed by atoms with E-state index in [1.807, 2.05) is 210 Å². The van der Waals surface area contributed by atoms with E-state index in [1.54, 1.807) is 6.08 Å². The van der Waals surface area contributed by atoms with Gasteiger partial charge < -0.3 is 43.4 Å². The molecule has 4 aromatic rings. The highest BCUT2D eigenvalue weighted by atomic mass is 16.6. The number of hydrogen-bond donors (Lipinski definition) is 2. The summed E-state index contributed by atoms with van der Waals surface area (Å²) in [6.45, 7) is 36.9. The summed E-state index contributed by atoms with van der Waals surface area (Å²) >= 11 is 0. The molecule has 18 atom stereocenters. The van der Waals surface area contributed by atoms with Gasteiger partial charge in [-0.05, 0) is 174 Å². The normalized spacial score (nSPS) is 28.7. The number of fused-ring (bicyclic) bond motifs is 7. The molecule has 15 nitrogen and oxygen atoms in total. The van der Waals surface area contributed by atoms with E-state index in [2.05, 4.69) is 88.4 Å². The number of esters is 6. The molecule has 6 aliphatic carbocycles. The number of unbranched alkanes of at least 4 members (excludes halogenated alkanes) is 1. The van der Waals surface area contributed by atoms with E-state index < -0.39 is 0 Å². The van der Waals surface area contributed by atoms with Gasteiger partial charge in [0, 0.05) is 0 Å². The highest BCUT2D eigenvalue weighted by Gasteiger charge is 2.59. The molecule has 2 N–H and O–H groups in total. The van der Waals surface area contributed by atoms with E-state index in [-0.39, 0.29) is 143 Å². The number of rotatable bonds is 20. The Hall–Kier alpha value is -9.58. The van der Waals surface area contributed by atoms with Crippen molar-refractivity contribution in [1.29, 1.82) is 0 Å². The van der Waals surface area contributed by atoms with Gasteiger partial charge in [0.05, 0.1) is 74.1 Å². The largest absolute Gasteiger partial charge is 0.393 e. The third kappa shape index (κ3) is 25.5. The van der Waals surface area contributed by atoms with Crippen LogP contribution in [0.3, 0.4) is 0 Å². The third-order valence-electron chi connectivity index (χ3n) is 21.0. The Morgan fingerprint density at radius 1 is 0.509 bits per heavy atom. The molecule has 5 heterocycles. The molecule has 15 heteroatoms. The molecular formula is C95H112O15. The Morgan fingerprint density at radius 3 is 1.18 bits per heavy atom. The summed E-state index contributed by atoms with van der Waals surface area (Å²) in [5.74, 6) is -3.18. The lowest BCUT2D eigenvalue weighted by Gasteiger charge is -2.29. The fraction of sp³-hybridized carbons (Fsp3) is 0.389. The van der Waals surface area contributed by atoms with Gasteiger partial charge in [-0.2, -0.15) is 0 Å². The molecule has 3 saturated heterocycles. The topological polar surface area (TPSA) is 207 Å². The maximum absolute atomic E-state index is 12.2. The van der Waals surface area contributed by atoms with Gasteiger partial charge in [-0.15, -0.1) is 13.2 Å². The Balaban J connectivity index is 0.000000164. The number of benzene rings is 4. The standard InChI is InChI=1S/C23H20O3.C17H16O3.C12H18O2.C10H14O2.C9H8O3.C9H16O.C8H8.C7H12O/c24-22-20-18(13-11-16-7-3-1-4-8-16)15-19(21(20)23(25)26-22)14-12-17-9-5-2-6-10-17;1-2-12-10-13(9-8-11-6-4-3-5-7-11)15-14(12)16(18)20-17(15)19;1-9(2)7-13-11-5-6-12(11)14-8-10(3)4;1-7-3-9(11-5-7)10-4-8(2)6-12-10;10-8-6-4-1-2-5(3-4)7(6)9(11)12-8;1-4-5-6-7-9(10)8(2)3;1-2-8-6-4-3-5-7-8;1-6-4-2-3-5-7(6)8/h1-14,18-21H,15H2;2-9,12-15H,1,10H2;5-6,11-12H,1,3,7-8H2,2,4H3;3-4,9-10H,5-6H2,1-2H3;1-2,4-7H,3H2;4,9-10H,1-2,5-7H2,3H3;2-7H,1H2;4,7-8H,2-3,5H2,1H3/b13-11+,14-12?;9-8+;;;;;;/t18?,19?,20?,21-;12?,13?,14-,15?;11-,12+;9-,10+;4?,5?,6-,7?;;;/m00..0.../s1. The minimum atomic E-state index is -0.388. The number of carbonyl (C=O) groups is 6. The van der Waals surface area contributed by atoms with Crippen LogP contribution in [0.5, 0.6) is 0 Å². The van der Waals surface area contributed by atoms with Crippen molar-refractivity contribution in [2.24, 2.45) is 71.0 Å². The average Bonchev–Trinajstić information content (AvgIpc) is 1.60. The lowest BCUT2D eigenvalue weighted by molar-refractivity contribution is -0.156. The first-order chi connectivity index (χ1) is 53.0. The molecule has 6 fully saturated rings. The van der Waals surface area contributed by atoms with Gasteiger partial charge in [-0.25, -0.2) is 0 Å². The van der Waals surface area contributed by atoms with Gasteiger partial charge in [-0.3, -0.25) is 28.8 Å². The number of aliphatic hydroxyl groups is 2. The molecule has 5 aliphatic heterocycles. The Kier molecular flexibility index (Phi) is 34.2. The van der Waals surface area contributed by atoms with Crippen LogP contribution in [-0.4, -0.2) is 109 Å². The van der Waals surface area contributed by atoms with Crippen molar-refractivity contribution in [2.75, 3.05) is 26.4 Å². The summed E-state index contributed by atoms with van der Waals surface area (Å²) in [4.78, 5) is 70.3. The minimum absolute atomic E-state index is 0.0181. The van der Waals surface area contributed by atoms with Crippen molar-refractivity contribution in [2.45, 2.75) is 136 Å². The molecule has 0 amide bonds. The summed E-state index contributed by atoms with van der Waals surface area (Å²) in [7, 11) is 0. The maximum atomic E-state index is 12.2. The predicted molar refractivity (Wildman–Crippen MR) is 435 cm³/mol. The number of hydrogen-bond acceptors (Lipinski definition) is 15. The zero-order chi connectivity index (χ0) is 79.2. The Morgan fingerprint density at radius 2 is 0.882 bits per heavy atom. The molecule has 2 bridgehead atoms. The second-order valence-electron chi connectivity index (χ2n) is 30.0. The number of carbonyl (C=O) groups excluding carboxylic acids is 6. The van der Waals surface area contributed by atoms with Crippen molar-refractivity contribution in [3.63, 3.8) is 0 Å². The summed E-state index contributed by atoms with van der Waals surface area (Å²) in [5.41, 5.74) is 11.1. The molecular weight excluding hydrogens is 1380 g/mol. The van der Waals surface area contributed by atoms with Crippen molar-refractivity contribution < 1.29 is 72.1 Å². The van der Waals surface area contributed by atoms with E-state index >= 15 is 0 Å². The van der Waals surface area contributed by atoms with E-state index in [1.165, 1.54) is 16.7 Å². The molecule has 11 aliphatic rings. The summed E-state index contributed by atoms with van der Waals surface area (Å²) < 4.78 is 36.5. The average molecular weight is 1490 g/mol. The molecule has 11 unspecified atom stereocenters. The van der Waals surface area contributed by atoms with Crippen LogP contribution in [0.4, 0.5) is 0 Å². The third-order valence-corrected chi connectivity index (χ3v) is 21.0. The molecule has 582 valence electrons. The van der Waals surface area contributed by atoms with Crippen molar-refractivity contribution in [3.8, 4) is 0 Å². The van der Waals surface area contributed by atoms with Gasteiger partial charge >= 0.3 is 35.8 Å². The fourth-order valence-electron chi connectivity index (χ4n) is 14.9. The second-order valence-corrected chi connectivity index (χ2v) is 30.0. The van der Waals surface area contributed by atoms with Gasteiger partial charge in [0.1, 0.15) is 24.4 Å². The minimum Gasteiger partial charge on any atom is -0.393 e. The Bertz CT molecular complexity index is 3910. The van der Waals surface area contributed by atoms with Crippen molar-refractivity contribution in [1.82, 2.24) is 0 Å². The highest BCUT2D eigenvalue weighted by Crippen LogP contribution is 2.52. The molecule has 110 heavy (non-hydrogen) atoms. The van der Waals surface area contributed by atoms with Gasteiger partial charge in [0.15, 0.2) is 0 Å². The van der Waals surface area contributed by atoms with Crippen molar-refractivity contribution >= 4 is 60.1 Å². The van der Waals surface area contributed by atoms with Crippen LogP contribution < -0.4 is 0 Å². The van der Waals surface area contributed by atoms with Gasteiger partial charge in [-0.1, -0.05) is 262 Å². The van der Waals surface area contributed by atoms with Crippen LogP contribution in [-0.2, 0) is 61.9 Å². The van der Waals surface area contributed by atoms with E-state index in [9.17, 15) is 33.9 Å². The van der Waals surface area contributed by atoms with Crippen LogP contribution in [0.2, 0.25) is 0 Å². The fourth-order valence-corrected chi connectivity index (χ4v) is 14.9. The van der Waals surface area contributed by atoms with Crippen LogP contribution >= 0.6 is 0 Å². The van der Waals surface area contributed by atoms with Crippen LogP contribution in [0.15, 0.2) is 267 Å². The number of ether oxygens (including phenoxy) is 7. The van der Waals surface area contributed by atoms with Crippen LogP contribution in [0.1, 0.15) is 122 Å². The monoisotopic (exact) mass is 1490 g/mol. The van der Waals surface area contributed by atoms with Crippen molar-refractivity contribution in [3.05, 3.63) is 289 Å². The first kappa shape index (κ1) is 86.0. The quantitative estimate of drug-likeness (QED) is 0.0277. The first-order valence-corrected chi connectivity index (χ1v) is 38.5. The second kappa shape index (κ2) is 43.7. The number of cyclic esters (lactones) is 6. The highest BCUT2D eigenvalue weighted by molar-refractivity contribution is 5.99. The molecule has 3 saturated carbocycles. The van der Waals surface area contributed by atoms with Crippen LogP contribution in [0.25, 0.3) is 24.3 Å². The zero-order valence-electron chi connectivity index (χ0n) is 64.8. The smallest absolute Gasteiger partial charge is 0.318 e. The number of aliphatic hydroxyl groups excluding tert-OH is 2. The van der Waals surface area contributed by atoms with E-state index in [4.69, 9.17) is 33.5 Å². The number of allylic oxidation sites excluding steroid dienone is 8. The Labute approximate surface area is 651 Å². The molecule has 15 rings (SSSR count). The molecule has 0 spiro atoms. The molecule has 0 aromatic heterocycles. The first-order valence-electron chi connectivity index (χ1n) is 38.5. The van der Waals surface area contributed by atoms with E-state index in [0.717, 1.165) is 110 Å². The maximum Gasteiger partial charge on any atom is 0.318 e.